The number of carbonyl (C=O) groups excluding carboxylic acids is 2. The van der Waals surface area contributed by atoms with Crippen LogP contribution in [0.3, 0.4) is 0 Å². The minimum absolute atomic E-state index is 0.111. The maximum atomic E-state index is 11.3. The molecule has 0 aromatic heterocycles. The topological polar surface area (TPSA) is 43.4 Å². The molecule has 3 heteroatoms. The molecule has 0 heterocycles. The molecular weight excluding hydrogens is 156 g/mol. The van der Waals surface area contributed by atoms with Gasteiger partial charge in [-0.1, -0.05) is 0 Å². The number of ether oxygens (including phenoxy) is 1. The summed E-state index contributed by atoms with van der Waals surface area (Å²) in [6.07, 6.45) is 2.73. The largest absolute Gasteiger partial charge is 0.469 e. The van der Waals surface area contributed by atoms with E-state index in [0.717, 1.165) is 6.42 Å². The summed E-state index contributed by atoms with van der Waals surface area (Å²) in [4.78, 5) is 22.3. The van der Waals surface area contributed by atoms with E-state index in [4.69, 9.17) is 4.74 Å². The van der Waals surface area contributed by atoms with E-state index in [9.17, 15) is 9.59 Å². The van der Waals surface area contributed by atoms with Crippen LogP contribution >= 0.6 is 0 Å². The van der Waals surface area contributed by atoms with Gasteiger partial charge in [-0.2, -0.15) is 0 Å². The number of hydrogen-bond acceptors (Lipinski definition) is 3. The summed E-state index contributed by atoms with van der Waals surface area (Å²) in [5.41, 5.74) is -0.247. The molecule has 0 aromatic carbocycles. The van der Waals surface area contributed by atoms with E-state index >= 15 is 0 Å². The van der Waals surface area contributed by atoms with Crippen LogP contribution in [-0.4, -0.2) is 18.9 Å². The Morgan fingerprint density at radius 3 is 3.00 bits per heavy atom. The van der Waals surface area contributed by atoms with Gasteiger partial charge < -0.3 is 4.74 Å². The van der Waals surface area contributed by atoms with Gasteiger partial charge in [0.25, 0.3) is 0 Å². The number of ketones is 1. The molecule has 2 unspecified atom stereocenters. The lowest BCUT2D eigenvalue weighted by molar-refractivity contribution is -0.149. The zero-order valence-corrected chi connectivity index (χ0v) is 7.13. The first-order chi connectivity index (χ1) is 5.69. The number of fused-ring (bicyclic) bond motifs is 1. The first-order valence-electron chi connectivity index (χ1n) is 4.29. The van der Waals surface area contributed by atoms with Crippen molar-refractivity contribution in [2.75, 3.05) is 7.11 Å². The van der Waals surface area contributed by atoms with E-state index in [0.29, 0.717) is 31.0 Å². The quantitative estimate of drug-likeness (QED) is 0.547. The normalized spacial score (nSPS) is 38.8. The maximum absolute atomic E-state index is 11.3. The number of carbonyl (C=O) groups is 2. The van der Waals surface area contributed by atoms with Crippen LogP contribution in [0, 0.1) is 11.3 Å². The van der Waals surface area contributed by atoms with E-state index in [-0.39, 0.29) is 11.4 Å². The predicted molar refractivity (Wildman–Crippen MR) is 41.4 cm³/mol. The van der Waals surface area contributed by atoms with Crippen molar-refractivity contribution in [2.45, 2.75) is 25.7 Å². The zero-order chi connectivity index (χ0) is 8.77. The average molecular weight is 168 g/mol. The van der Waals surface area contributed by atoms with Crippen molar-refractivity contribution in [2.24, 2.45) is 11.3 Å². The van der Waals surface area contributed by atoms with E-state index < -0.39 is 0 Å². The lowest BCUT2D eigenvalue weighted by Crippen LogP contribution is -2.25. The Bertz CT molecular complexity index is 246. The second-order valence-corrected chi connectivity index (χ2v) is 3.79. The van der Waals surface area contributed by atoms with Crippen LogP contribution in [0.25, 0.3) is 0 Å². The summed E-state index contributed by atoms with van der Waals surface area (Å²) >= 11 is 0. The van der Waals surface area contributed by atoms with Crippen LogP contribution in [-0.2, 0) is 14.3 Å². The van der Waals surface area contributed by atoms with Gasteiger partial charge in [-0.3, -0.25) is 9.59 Å². The minimum Gasteiger partial charge on any atom is -0.469 e. The van der Waals surface area contributed by atoms with Gasteiger partial charge in [-0.05, 0) is 18.8 Å². The number of hydrogen-bond donors (Lipinski definition) is 0. The molecule has 0 aromatic rings. The van der Waals surface area contributed by atoms with E-state index in [2.05, 4.69) is 0 Å². The maximum Gasteiger partial charge on any atom is 0.312 e. The Hall–Kier alpha value is -0.860. The van der Waals surface area contributed by atoms with Crippen LogP contribution in [0.15, 0.2) is 0 Å². The molecule has 2 saturated carbocycles. The Balaban J connectivity index is 2.09. The first kappa shape index (κ1) is 7.77. The molecule has 66 valence electrons. The van der Waals surface area contributed by atoms with Gasteiger partial charge in [-0.15, -0.1) is 0 Å². The van der Waals surface area contributed by atoms with Crippen molar-refractivity contribution in [1.29, 1.82) is 0 Å². The van der Waals surface area contributed by atoms with Crippen LogP contribution in [0.5, 0.6) is 0 Å². The van der Waals surface area contributed by atoms with Gasteiger partial charge in [0.1, 0.15) is 5.78 Å². The van der Waals surface area contributed by atoms with Crippen LogP contribution in [0.1, 0.15) is 25.7 Å². The summed E-state index contributed by atoms with van der Waals surface area (Å²) in [7, 11) is 1.42. The summed E-state index contributed by atoms with van der Waals surface area (Å²) in [6.45, 7) is 0. The van der Waals surface area contributed by atoms with Gasteiger partial charge in [-0.25, -0.2) is 0 Å². The van der Waals surface area contributed by atoms with Crippen LogP contribution in [0.4, 0.5) is 0 Å². The molecule has 2 aliphatic carbocycles. The second kappa shape index (κ2) is 2.31. The van der Waals surface area contributed by atoms with Gasteiger partial charge in [0.2, 0.25) is 0 Å². The predicted octanol–water partition coefficient (Wildman–Crippen LogP) is 0.919. The van der Waals surface area contributed by atoms with Gasteiger partial charge in [0.05, 0.1) is 12.5 Å². The molecule has 12 heavy (non-hydrogen) atoms. The fourth-order valence-electron chi connectivity index (χ4n) is 2.25. The summed E-state index contributed by atoms with van der Waals surface area (Å²) in [6, 6.07) is 0. The second-order valence-electron chi connectivity index (χ2n) is 3.79. The highest BCUT2D eigenvalue weighted by Crippen LogP contribution is 2.61. The highest BCUT2D eigenvalue weighted by molar-refractivity contribution is 5.88. The zero-order valence-electron chi connectivity index (χ0n) is 7.13. The highest BCUT2D eigenvalue weighted by atomic mass is 16.5. The van der Waals surface area contributed by atoms with Gasteiger partial charge in [0, 0.05) is 12.8 Å². The molecule has 2 fully saturated rings. The van der Waals surface area contributed by atoms with Crippen LogP contribution in [0.2, 0.25) is 0 Å². The Labute approximate surface area is 71.1 Å². The lowest BCUT2D eigenvalue weighted by atomic mass is 9.88. The SMILES string of the molecule is COC(=O)C12CCC(=O)CC1C2. The van der Waals surface area contributed by atoms with Crippen molar-refractivity contribution in [3.05, 3.63) is 0 Å². The van der Waals surface area contributed by atoms with Gasteiger partial charge in [0.15, 0.2) is 0 Å². The molecule has 0 bridgehead atoms. The van der Waals surface area contributed by atoms with E-state index in [1.165, 1.54) is 7.11 Å². The summed E-state index contributed by atoms with van der Waals surface area (Å²) in [5, 5.41) is 0. The summed E-state index contributed by atoms with van der Waals surface area (Å²) in [5.74, 6) is 0.489. The Morgan fingerprint density at radius 1 is 1.67 bits per heavy atom. The van der Waals surface area contributed by atoms with Crippen LogP contribution < -0.4 is 0 Å². The Kier molecular flexibility index (Phi) is 1.50. The summed E-state index contributed by atoms with van der Waals surface area (Å²) < 4.78 is 4.72. The fourth-order valence-corrected chi connectivity index (χ4v) is 2.25. The third-order valence-electron chi connectivity index (χ3n) is 3.15. The van der Waals surface area contributed by atoms with E-state index in [1.54, 1.807) is 0 Å². The average Bonchev–Trinajstić information content (AvgIpc) is 2.78. The number of Topliss-reactive ketones (excluding diaryl/α,β-unsaturated/α-hetero) is 1. The molecule has 2 aliphatic rings. The molecule has 3 nitrogen and oxygen atoms in total. The first-order valence-corrected chi connectivity index (χ1v) is 4.29. The standard InChI is InChI=1S/C9H12O3/c1-12-8(11)9-3-2-7(10)4-6(9)5-9/h6H,2-5H2,1H3. The molecule has 0 saturated heterocycles. The number of methoxy groups -OCH3 is 1. The molecule has 0 spiro atoms. The molecule has 2 atom stereocenters. The minimum atomic E-state index is -0.247. The third kappa shape index (κ3) is 0.886. The lowest BCUT2D eigenvalue weighted by Gasteiger charge is -2.18. The van der Waals surface area contributed by atoms with Gasteiger partial charge >= 0.3 is 5.97 Å². The van der Waals surface area contributed by atoms with Crippen molar-refractivity contribution in [1.82, 2.24) is 0 Å². The van der Waals surface area contributed by atoms with Crippen molar-refractivity contribution >= 4 is 11.8 Å². The van der Waals surface area contributed by atoms with Crippen molar-refractivity contribution in [3.63, 3.8) is 0 Å². The number of rotatable bonds is 1. The molecule has 0 N–H and O–H groups in total. The van der Waals surface area contributed by atoms with Crippen molar-refractivity contribution < 1.29 is 14.3 Å². The molecule has 2 rings (SSSR count). The van der Waals surface area contributed by atoms with E-state index in [1.807, 2.05) is 0 Å². The molecule has 0 aliphatic heterocycles. The number of esters is 1. The molecule has 0 radical (unpaired) electrons. The monoisotopic (exact) mass is 168 g/mol. The fraction of sp³-hybridized carbons (Fsp3) is 0.778. The smallest absolute Gasteiger partial charge is 0.312 e. The highest BCUT2D eigenvalue weighted by Gasteiger charge is 2.62. The third-order valence-corrected chi connectivity index (χ3v) is 3.15. The van der Waals surface area contributed by atoms with Crippen molar-refractivity contribution in [3.8, 4) is 0 Å². The molecular formula is C9H12O3. The Morgan fingerprint density at radius 2 is 2.42 bits per heavy atom. The molecule has 0 amide bonds.